The van der Waals surface area contributed by atoms with Gasteiger partial charge >= 0.3 is 18.1 Å². The average molecular weight is 392 g/mol. The molecule has 0 spiro atoms. The fourth-order valence-corrected chi connectivity index (χ4v) is 2.71. The first-order valence-electron chi connectivity index (χ1n) is 8.91. The van der Waals surface area contributed by atoms with E-state index in [1.165, 1.54) is 6.08 Å². The van der Waals surface area contributed by atoms with E-state index < -0.39 is 36.2 Å². The van der Waals surface area contributed by atoms with Crippen LogP contribution in [-0.4, -0.2) is 49.0 Å². The molecule has 0 aromatic carbocycles. The van der Waals surface area contributed by atoms with Gasteiger partial charge in [-0.1, -0.05) is 26.0 Å². The van der Waals surface area contributed by atoms with Crippen LogP contribution < -0.4 is 11.1 Å². The van der Waals surface area contributed by atoms with E-state index in [-0.39, 0.29) is 24.7 Å². The normalized spacial score (nSPS) is 23.4. The highest BCUT2D eigenvalue weighted by molar-refractivity contribution is 5.89. The number of hydrogen-bond donors (Lipinski definition) is 2. The summed E-state index contributed by atoms with van der Waals surface area (Å²) in [5.74, 6) is -2.70. The van der Waals surface area contributed by atoms with Crippen molar-refractivity contribution in [2.24, 2.45) is 5.73 Å². The molecule has 0 aliphatic heterocycles. The summed E-state index contributed by atoms with van der Waals surface area (Å²) in [6.45, 7) is 5.59. The summed E-state index contributed by atoms with van der Waals surface area (Å²) < 4.78 is 48.8. The van der Waals surface area contributed by atoms with Gasteiger partial charge in [0.25, 0.3) is 0 Å². The molecule has 6 nitrogen and oxygen atoms in total. The lowest BCUT2D eigenvalue weighted by molar-refractivity contribution is -0.175. The minimum absolute atomic E-state index is 0.0275. The van der Waals surface area contributed by atoms with Crippen LogP contribution >= 0.6 is 0 Å². The van der Waals surface area contributed by atoms with Crippen molar-refractivity contribution in [2.45, 2.75) is 70.5 Å². The third-order valence-corrected chi connectivity index (χ3v) is 4.26. The van der Waals surface area contributed by atoms with Gasteiger partial charge in [0.05, 0.1) is 18.2 Å². The van der Waals surface area contributed by atoms with Gasteiger partial charge in [-0.15, -0.1) is 0 Å². The van der Waals surface area contributed by atoms with Gasteiger partial charge in [-0.2, -0.15) is 13.2 Å². The van der Waals surface area contributed by atoms with Crippen molar-refractivity contribution in [3.8, 4) is 0 Å². The van der Waals surface area contributed by atoms with Crippen molar-refractivity contribution < 1.29 is 32.2 Å². The van der Waals surface area contributed by atoms with Crippen molar-refractivity contribution in [1.29, 1.82) is 0 Å². The SMILES string of the molecule is C/C=C/COC(=O)C1=C[C@@H](OC(CC)CC)[C@H](NC(=O)C(F)(F)F)[C@@H](N)C1. The molecule has 27 heavy (non-hydrogen) atoms. The lowest BCUT2D eigenvalue weighted by Gasteiger charge is -2.36. The molecule has 3 atom stereocenters. The van der Waals surface area contributed by atoms with E-state index in [2.05, 4.69) is 0 Å². The zero-order valence-electron chi connectivity index (χ0n) is 15.7. The van der Waals surface area contributed by atoms with Crippen LogP contribution in [0.25, 0.3) is 0 Å². The Kier molecular flexibility index (Phi) is 8.98. The Morgan fingerprint density at radius 2 is 2.00 bits per heavy atom. The third kappa shape index (κ3) is 6.99. The standard InChI is InChI=1S/C18H27F3N2O4/c1-4-7-8-26-16(24)11-9-13(22)15(23-17(25)18(19,20)21)14(10-11)27-12(5-2)6-3/h4,7,10,12-15H,5-6,8-9,22H2,1-3H3,(H,23,25)/b7-4+/t13-,14+,15+/m0/s1. The van der Waals surface area contributed by atoms with E-state index in [1.54, 1.807) is 19.1 Å². The minimum Gasteiger partial charge on any atom is -0.458 e. The van der Waals surface area contributed by atoms with Gasteiger partial charge in [0.1, 0.15) is 6.61 Å². The number of hydrogen-bond acceptors (Lipinski definition) is 5. The van der Waals surface area contributed by atoms with E-state index in [0.717, 1.165) is 0 Å². The van der Waals surface area contributed by atoms with E-state index in [9.17, 15) is 22.8 Å². The van der Waals surface area contributed by atoms with Crippen molar-refractivity contribution >= 4 is 11.9 Å². The second kappa shape index (κ2) is 10.5. The maximum atomic E-state index is 12.6. The molecule has 3 N–H and O–H groups in total. The molecule has 0 aromatic rings. The van der Waals surface area contributed by atoms with Gasteiger partial charge in [-0.25, -0.2) is 4.79 Å². The number of rotatable bonds is 8. The van der Waals surface area contributed by atoms with E-state index in [1.807, 2.05) is 19.2 Å². The number of nitrogens with two attached hydrogens (primary N) is 1. The molecular formula is C18H27F3N2O4. The molecule has 0 aromatic heterocycles. The van der Waals surface area contributed by atoms with Gasteiger partial charge < -0.3 is 20.5 Å². The number of carbonyl (C=O) groups is 2. The highest BCUT2D eigenvalue weighted by Crippen LogP contribution is 2.25. The lowest BCUT2D eigenvalue weighted by atomic mass is 9.88. The van der Waals surface area contributed by atoms with E-state index >= 15 is 0 Å². The van der Waals surface area contributed by atoms with Crippen LogP contribution in [0.4, 0.5) is 13.2 Å². The average Bonchev–Trinajstić information content (AvgIpc) is 2.60. The smallest absolute Gasteiger partial charge is 0.458 e. The van der Waals surface area contributed by atoms with Crippen LogP contribution in [0.15, 0.2) is 23.8 Å². The molecule has 0 radical (unpaired) electrons. The summed E-state index contributed by atoms with van der Waals surface area (Å²) in [4.78, 5) is 23.5. The zero-order chi connectivity index (χ0) is 20.6. The molecular weight excluding hydrogens is 365 g/mol. The molecule has 1 rings (SSSR count). The highest BCUT2D eigenvalue weighted by atomic mass is 19.4. The first-order valence-corrected chi connectivity index (χ1v) is 8.91. The zero-order valence-corrected chi connectivity index (χ0v) is 15.7. The summed E-state index contributed by atoms with van der Waals surface area (Å²) in [6.07, 6.45) is -0.262. The quantitative estimate of drug-likeness (QED) is 0.489. The third-order valence-electron chi connectivity index (χ3n) is 4.26. The topological polar surface area (TPSA) is 90.6 Å². The number of amides is 1. The van der Waals surface area contributed by atoms with Gasteiger partial charge in [-0.3, -0.25) is 4.79 Å². The Morgan fingerprint density at radius 3 is 2.52 bits per heavy atom. The number of allylic oxidation sites excluding steroid dienone is 1. The van der Waals surface area contributed by atoms with Gasteiger partial charge in [0, 0.05) is 11.6 Å². The van der Waals surface area contributed by atoms with Crippen LogP contribution in [0.3, 0.4) is 0 Å². The van der Waals surface area contributed by atoms with Crippen molar-refractivity contribution in [3.05, 3.63) is 23.8 Å². The Hall–Kier alpha value is -1.87. The number of carbonyl (C=O) groups excluding carboxylic acids is 2. The maximum Gasteiger partial charge on any atom is 0.471 e. The van der Waals surface area contributed by atoms with Crippen LogP contribution in [0.2, 0.25) is 0 Å². The molecule has 1 aliphatic rings. The van der Waals surface area contributed by atoms with Crippen molar-refractivity contribution in [1.82, 2.24) is 5.32 Å². The minimum atomic E-state index is -5.03. The Bertz CT molecular complexity index is 571. The second-order valence-corrected chi connectivity index (χ2v) is 6.26. The maximum absolute atomic E-state index is 12.6. The first kappa shape index (κ1) is 23.2. The molecule has 1 aliphatic carbocycles. The Morgan fingerprint density at radius 1 is 1.37 bits per heavy atom. The van der Waals surface area contributed by atoms with Crippen LogP contribution in [0.1, 0.15) is 40.0 Å². The first-order chi connectivity index (χ1) is 12.6. The number of esters is 1. The molecule has 0 unspecified atom stereocenters. The van der Waals surface area contributed by atoms with Gasteiger partial charge in [0.2, 0.25) is 0 Å². The Balaban J connectivity index is 3.04. The van der Waals surface area contributed by atoms with E-state index in [4.69, 9.17) is 15.2 Å². The van der Waals surface area contributed by atoms with Crippen LogP contribution in [0, 0.1) is 0 Å². The predicted octanol–water partition coefficient (Wildman–Crippen LogP) is 2.38. The molecule has 0 fully saturated rings. The molecule has 9 heteroatoms. The molecule has 0 bridgehead atoms. The number of ether oxygens (including phenoxy) is 2. The van der Waals surface area contributed by atoms with Gasteiger partial charge in [0.15, 0.2) is 0 Å². The van der Waals surface area contributed by atoms with Crippen LogP contribution in [-0.2, 0) is 19.1 Å². The molecule has 0 saturated heterocycles. The summed E-state index contributed by atoms with van der Waals surface area (Å²) in [7, 11) is 0. The largest absolute Gasteiger partial charge is 0.471 e. The summed E-state index contributed by atoms with van der Waals surface area (Å²) >= 11 is 0. The fraction of sp³-hybridized carbons (Fsp3) is 0.667. The lowest BCUT2D eigenvalue weighted by Crippen LogP contribution is -2.59. The fourth-order valence-electron chi connectivity index (χ4n) is 2.71. The number of alkyl halides is 3. The monoisotopic (exact) mass is 392 g/mol. The summed E-state index contributed by atoms with van der Waals surface area (Å²) in [5, 5.41) is 1.90. The summed E-state index contributed by atoms with van der Waals surface area (Å²) in [5.41, 5.74) is 6.20. The molecule has 154 valence electrons. The molecule has 1 amide bonds. The Labute approximate surface area is 156 Å². The number of halogens is 3. The summed E-state index contributed by atoms with van der Waals surface area (Å²) in [6, 6.07) is -2.03. The van der Waals surface area contributed by atoms with Crippen molar-refractivity contribution in [2.75, 3.05) is 6.61 Å². The second-order valence-electron chi connectivity index (χ2n) is 6.26. The van der Waals surface area contributed by atoms with Crippen molar-refractivity contribution in [3.63, 3.8) is 0 Å². The van der Waals surface area contributed by atoms with Crippen LogP contribution in [0.5, 0.6) is 0 Å². The predicted molar refractivity (Wildman–Crippen MR) is 93.7 cm³/mol. The number of nitrogens with one attached hydrogen (secondary N) is 1. The highest BCUT2D eigenvalue weighted by Gasteiger charge is 2.44. The van der Waals surface area contributed by atoms with E-state index in [0.29, 0.717) is 12.8 Å². The van der Waals surface area contributed by atoms with Gasteiger partial charge in [-0.05, 0) is 32.3 Å². The molecule has 0 heterocycles. The molecule has 0 saturated carbocycles.